The number of halogens is 1. The molecule has 0 aliphatic carbocycles. The van der Waals surface area contributed by atoms with Crippen molar-refractivity contribution in [2.75, 3.05) is 0 Å². The highest BCUT2D eigenvalue weighted by atomic mass is 19.1. The van der Waals surface area contributed by atoms with Gasteiger partial charge < -0.3 is 5.11 Å². The van der Waals surface area contributed by atoms with Gasteiger partial charge in [0.1, 0.15) is 5.82 Å². The number of hydrogen-bond donors (Lipinski definition) is 1. The van der Waals surface area contributed by atoms with E-state index in [0.29, 0.717) is 0 Å². The van der Waals surface area contributed by atoms with Crippen LogP contribution in [-0.4, -0.2) is 16.1 Å². The van der Waals surface area contributed by atoms with Crippen molar-refractivity contribution in [3.63, 3.8) is 0 Å². The summed E-state index contributed by atoms with van der Waals surface area (Å²) >= 11 is 0. The zero-order valence-electron chi connectivity index (χ0n) is 8.93. The van der Waals surface area contributed by atoms with E-state index in [1.165, 1.54) is 6.07 Å². The number of carboxylic acid groups (broad SMARTS) is 1. The average molecular weight is 231 g/mol. The molecule has 0 fully saturated rings. The molecule has 0 unspecified atom stereocenters. The van der Waals surface area contributed by atoms with Gasteiger partial charge in [-0.25, -0.2) is 4.39 Å². The van der Waals surface area contributed by atoms with E-state index in [1.807, 2.05) is 0 Å². The largest absolute Gasteiger partial charge is 0.481 e. The zero-order valence-corrected chi connectivity index (χ0v) is 8.93. The summed E-state index contributed by atoms with van der Waals surface area (Å²) in [6.45, 7) is 0. The molecule has 0 saturated carbocycles. The van der Waals surface area contributed by atoms with Gasteiger partial charge in [0, 0.05) is 12.4 Å². The van der Waals surface area contributed by atoms with Crippen LogP contribution in [0, 0.1) is 5.82 Å². The number of carboxylic acids is 1. The second-order valence-electron chi connectivity index (χ2n) is 3.61. The number of aliphatic carboxylic acids is 1. The molecule has 0 radical (unpaired) electrons. The topological polar surface area (TPSA) is 50.2 Å². The fraction of sp³-hybridized carbons (Fsp3) is 0.0769. The Balaban J connectivity index is 2.41. The summed E-state index contributed by atoms with van der Waals surface area (Å²) in [7, 11) is 0. The first-order valence-corrected chi connectivity index (χ1v) is 5.07. The van der Waals surface area contributed by atoms with Crippen molar-refractivity contribution in [3.05, 3.63) is 54.1 Å². The van der Waals surface area contributed by atoms with E-state index in [2.05, 4.69) is 4.98 Å². The number of hydrogen-bond acceptors (Lipinski definition) is 2. The number of benzene rings is 1. The van der Waals surface area contributed by atoms with E-state index in [1.54, 1.807) is 36.7 Å². The number of carbonyl (C=O) groups is 1. The molecule has 0 atom stereocenters. The Bertz CT molecular complexity index is 540. The molecule has 2 aromatic rings. The predicted molar refractivity (Wildman–Crippen MR) is 61.0 cm³/mol. The number of nitrogens with zero attached hydrogens (tertiary/aromatic N) is 1. The molecular formula is C13H10FNO2. The molecule has 4 heteroatoms. The third-order valence-corrected chi connectivity index (χ3v) is 2.40. The minimum atomic E-state index is -1.05. The van der Waals surface area contributed by atoms with Gasteiger partial charge in [-0.3, -0.25) is 9.78 Å². The van der Waals surface area contributed by atoms with E-state index in [-0.39, 0.29) is 12.0 Å². The normalized spacial score (nSPS) is 10.2. The molecule has 0 spiro atoms. The van der Waals surface area contributed by atoms with Gasteiger partial charge in [0.05, 0.1) is 6.42 Å². The lowest BCUT2D eigenvalue weighted by atomic mass is 10.0. The molecule has 86 valence electrons. The summed E-state index contributed by atoms with van der Waals surface area (Å²) in [5, 5.41) is 8.68. The van der Waals surface area contributed by atoms with E-state index in [0.717, 1.165) is 11.1 Å². The van der Waals surface area contributed by atoms with Gasteiger partial charge >= 0.3 is 5.97 Å². The zero-order chi connectivity index (χ0) is 12.3. The lowest BCUT2D eigenvalue weighted by Crippen LogP contribution is -2.02. The van der Waals surface area contributed by atoms with E-state index in [9.17, 15) is 9.18 Å². The van der Waals surface area contributed by atoms with Gasteiger partial charge in [0.15, 0.2) is 0 Å². The van der Waals surface area contributed by atoms with Crippen LogP contribution in [0.4, 0.5) is 4.39 Å². The summed E-state index contributed by atoms with van der Waals surface area (Å²) in [6, 6.07) is 8.04. The number of pyridine rings is 1. The molecule has 0 aliphatic heterocycles. The van der Waals surface area contributed by atoms with Crippen molar-refractivity contribution in [1.29, 1.82) is 0 Å². The Labute approximate surface area is 97.6 Å². The minimum absolute atomic E-state index is 0.187. The van der Waals surface area contributed by atoms with Gasteiger partial charge in [0.25, 0.3) is 0 Å². The van der Waals surface area contributed by atoms with E-state index < -0.39 is 11.8 Å². The maximum absolute atomic E-state index is 13.4. The molecule has 1 aromatic carbocycles. The van der Waals surface area contributed by atoms with Gasteiger partial charge in [-0.1, -0.05) is 6.07 Å². The smallest absolute Gasteiger partial charge is 0.307 e. The Morgan fingerprint density at radius 3 is 2.53 bits per heavy atom. The second kappa shape index (κ2) is 4.74. The Morgan fingerprint density at radius 2 is 1.88 bits per heavy atom. The van der Waals surface area contributed by atoms with Crippen molar-refractivity contribution in [2.45, 2.75) is 6.42 Å². The van der Waals surface area contributed by atoms with Gasteiger partial charge in [-0.15, -0.1) is 0 Å². The summed E-state index contributed by atoms with van der Waals surface area (Å²) < 4.78 is 13.4. The van der Waals surface area contributed by atoms with E-state index in [4.69, 9.17) is 5.11 Å². The summed E-state index contributed by atoms with van der Waals surface area (Å²) in [6.07, 6.45) is 2.95. The fourth-order valence-corrected chi connectivity index (χ4v) is 1.60. The third kappa shape index (κ3) is 2.66. The highest BCUT2D eigenvalue weighted by Gasteiger charge is 2.08. The van der Waals surface area contributed by atoms with Gasteiger partial charge in [-0.2, -0.15) is 0 Å². The van der Waals surface area contributed by atoms with Crippen molar-refractivity contribution in [2.24, 2.45) is 0 Å². The van der Waals surface area contributed by atoms with Crippen LogP contribution in [0.3, 0.4) is 0 Å². The lowest BCUT2D eigenvalue weighted by Gasteiger charge is -2.05. The van der Waals surface area contributed by atoms with E-state index >= 15 is 0 Å². The molecule has 1 aromatic heterocycles. The maximum atomic E-state index is 13.4. The van der Waals surface area contributed by atoms with Crippen LogP contribution in [0.15, 0.2) is 42.7 Å². The molecule has 3 nitrogen and oxygen atoms in total. The first-order chi connectivity index (χ1) is 8.16. The van der Waals surface area contributed by atoms with Crippen molar-refractivity contribution in [1.82, 2.24) is 4.98 Å². The minimum Gasteiger partial charge on any atom is -0.481 e. The quantitative estimate of drug-likeness (QED) is 0.883. The van der Waals surface area contributed by atoms with Crippen LogP contribution < -0.4 is 0 Å². The third-order valence-electron chi connectivity index (χ3n) is 2.40. The van der Waals surface area contributed by atoms with Crippen LogP contribution in [0.25, 0.3) is 11.1 Å². The summed E-state index contributed by atoms with van der Waals surface area (Å²) in [5.74, 6) is -1.54. The highest BCUT2D eigenvalue weighted by molar-refractivity contribution is 5.72. The highest BCUT2D eigenvalue weighted by Crippen LogP contribution is 2.21. The molecular weight excluding hydrogens is 221 g/mol. The van der Waals surface area contributed by atoms with Crippen LogP contribution in [0.1, 0.15) is 5.56 Å². The van der Waals surface area contributed by atoms with Crippen molar-refractivity contribution < 1.29 is 14.3 Å². The Kier molecular flexibility index (Phi) is 3.14. The molecule has 17 heavy (non-hydrogen) atoms. The molecule has 1 heterocycles. The molecule has 0 aliphatic rings. The number of aromatic nitrogens is 1. The first-order valence-electron chi connectivity index (χ1n) is 5.07. The standard InChI is InChI=1S/C13H10FNO2/c14-12-2-1-10(7-11(12)8-13(16)17)9-3-5-15-6-4-9/h1-7H,8H2,(H,16,17). The SMILES string of the molecule is O=C(O)Cc1cc(-c2ccncc2)ccc1F. The van der Waals surface area contributed by atoms with Gasteiger partial charge in [0.2, 0.25) is 0 Å². The summed E-state index contributed by atoms with van der Waals surface area (Å²) in [4.78, 5) is 14.5. The number of rotatable bonds is 3. The monoisotopic (exact) mass is 231 g/mol. The molecule has 2 rings (SSSR count). The first kappa shape index (κ1) is 11.3. The Hall–Kier alpha value is -2.23. The van der Waals surface area contributed by atoms with Crippen molar-refractivity contribution >= 4 is 5.97 Å². The van der Waals surface area contributed by atoms with Crippen LogP contribution in [-0.2, 0) is 11.2 Å². The summed E-state index contributed by atoms with van der Waals surface area (Å²) in [5.41, 5.74) is 1.85. The molecule has 0 bridgehead atoms. The maximum Gasteiger partial charge on any atom is 0.307 e. The van der Waals surface area contributed by atoms with Crippen LogP contribution in [0.2, 0.25) is 0 Å². The van der Waals surface area contributed by atoms with Gasteiger partial charge in [-0.05, 0) is 41.0 Å². The molecule has 1 N–H and O–H groups in total. The van der Waals surface area contributed by atoms with Crippen LogP contribution >= 0.6 is 0 Å². The average Bonchev–Trinajstić information content (AvgIpc) is 2.32. The predicted octanol–water partition coefficient (Wildman–Crippen LogP) is 2.51. The Morgan fingerprint density at radius 1 is 1.18 bits per heavy atom. The molecule has 0 saturated heterocycles. The van der Waals surface area contributed by atoms with Crippen LogP contribution in [0.5, 0.6) is 0 Å². The fourth-order valence-electron chi connectivity index (χ4n) is 1.60. The molecule has 0 amide bonds. The van der Waals surface area contributed by atoms with Crippen molar-refractivity contribution in [3.8, 4) is 11.1 Å². The second-order valence-corrected chi connectivity index (χ2v) is 3.61. The lowest BCUT2D eigenvalue weighted by molar-refractivity contribution is -0.136.